The molecule has 0 aromatic heterocycles. The Morgan fingerprint density at radius 3 is 3.00 bits per heavy atom. The molecule has 1 heterocycles. The van der Waals surface area contributed by atoms with Crippen LogP contribution < -0.4 is 10.1 Å². The lowest BCUT2D eigenvalue weighted by molar-refractivity contribution is 0.116. The van der Waals surface area contributed by atoms with Crippen molar-refractivity contribution in [3.05, 3.63) is 58.7 Å². The molecular formula is C19H21NO2. The third kappa shape index (κ3) is 2.46. The maximum Gasteiger partial charge on any atom is 0.148 e. The second kappa shape index (κ2) is 5.65. The summed E-state index contributed by atoms with van der Waals surface area (Å²) in [5.41, 5.74) is 6.17. The van der Waals surface area contributed by atoms with E-state index in [2.05, 4.69) is 23.5 Å². The van der Waals surface area contributed by atoms with Gasteiger partial charge in [0, 0.05) is 18.5 Å². The molecule has 0 saturated heterocycles. The maximum absolute atomic E-state index is 10.1. The molecule has 3 nitrogen and oxygen atoms in total. The second-order valence-electron chi connectivity index (χ2n) is 6.19. The highest BCUT2D eigenvalue weighted by Gasteiger charge is 2.21. The summed E-state index contributed by atoms with van der Waals surface area (Å²) in [5.74, 6) is 0.808. The number of aliphatic hydroxyl groups is 1. The van der Waals surface area contributed by atoms with E-state index in [1.807, 2.05) is 18.2 Å². The number of anilines is 1. The minimum Gasteiger partial charge on any atom is -0.491 e. The van der Waals surface area contributed by atoms with Crippen molar-refractivity contribution < 1.29 is 9.84 Å². The molecule has 2 aliphatic rings. The van der Waals surface area contributed by atoms with Gasteiger partial charge in [0.2, 0.25) is 0 Å². The summed E-state index contributed by atoms with van der Waals surface area (Å²) in [6.45, 7) is 1.36. The van der Waals surface area contributed by atoms with Crippen LogP contribution in [0.4, 0.5) is 5.69 Å². The standard InChI is InChI=1S/C19H21NO2/c21-18-9-10-22-19-16(18)5-2-6-17(19)20-12-13-7-8-14-3-1-4-15(14)11-13/h2,5-8,11,18,20-21H,1,3-4,9-10,12H2. The molecule has 3 heteroatoms. The Labute approximate surface area is 130 Å². The Morgan fingerprint density at radius 1 is 1.14 bits per heavy atom. The summed E-state index contributed by atoms with van der Waals surface area (Å²) in [6.07, 6.45) is 3.97. The van der Waals surface area contributed by atoms with Crippen LogP contribution in [0.1, 0.15) is 41.2 Å². The van der Waals surface area contributed by atoms with E-state index in [1.165, 1.54) is 36.0 Å². The Morgan fingerprint density at radius 2 is 2.05 bits per heavy atom. The van der Waals surface area contributed by atoms with Crippen LogP contribution in [0.15, 0.2) is 36.4 Å². The SMILES string of the molecule is OC1CCOc2c(NCc3ccc4c(c3)CCC4)cccc21. The minimum atomic E-state index is -0.412. The Balaban J connectivity index is 1.53. The molecule has 2 aromatic carbocycles. The average molecular weight is 295 g/mol. The van der Waals surface area contributed by atoms with Gasteiger partial charge in [-0.15, -0.1) is 0 Å². The van der Waals surface area contributed by atoms with E-state index in [0.717, 1.165) is 23.5 Å². The Hall–Kier alpha value is -2.00. The molecule has 1 unspecified atom stereocenters. The first-order valence-electron chi connectivity index (χ1n) is 8.09. The number of rotatable bonds is 3. The van der Waals surface area contributed by atoms with Gasteiger partial charge in [0.15, 0.2) is 0 Å². The van der Waals surface area contributed by atoms with Crippen molar-refractivity contribution >= 4 is 5.69 Å². The molecule has 4 rings (SSSR count). The van der Waals surface area contributed by atoms with Crippen molar-refractivity contribution in [2.24, 2.45) is 0 Å². The number of fused-ring (bicyclic) bond motifs is 2. The van der Waals surface area contributed by atoms with Crippen LogP contribution in [0.2, 0.25) is 0 Å². The fourth-order valence-electron chi connectivity index (χ4n) is 3.48. The molecular weight excluding hydrogens is 274 g/mol. The highest BCUT2D eigenvalue weighted by molar-refractivity contribution is 5.61. The third-order valence-electron chi connectivity index (χ3n) is 4.69. The van der Waals surface area contributed by atoms with E-state index >= 15 is 0 Å². The fraction of sp³-hybridized carbons (Fsp3) is 0.368. The van der Waals surface area contributed by atoms with E-state index in [-0.39, 0.29) is 0 Å². The van der Waals surface area contributed by atoms with Crippen molar-refractivity contribution in [1.29, 1.82) is 0 Å². The molecule has 1 aliphatic heterocycles. The third-order valence-corrected chi connectivity index (χ3v) is 4.69. The molecule has 0 fully saturated rings. The summed E-state index contributed by atoms with van der Waals surface area (Å²) < 4.78 is 5.76. The van der Waals surface area contributed by atoms with Gasteiger partial charge in [0.05, 0.1) is 18.4 Å². The van der Waals surface area contributed by atoms with Gasteiger partial charge < -0.3 is 15.2 Å². The van der Waals surface area contributed by atoms with Gasteiger partial charge >= 0.3 is 0 Å². The highest BCUT2D eigenvalue weighted by Crippen LogP contribution is 2.38. The first-order chi connectivity index (χ1) is 10.8. The van der Waals surface area contributed by atoms with E-state index in [0.29, 0.717) is 13.0 Å². The zero-order chi connectivity index (χ0) is 14.9. The van der Waals surface area contributed by atoms with Crippen LogP contribution in [-0.2, 0) is 19.4 Å². The number of aryl methyl sites for hydroxylation is 2. The smallest absolute Gasteiger partial charge is 0.148 e. The number of hydrogen-bond acceptors (Lipinski definition) is 3. The summed E-state index contributed by atoms with van der Waals surface area (Å²) in [7, 11) is 0. The minimum absolute atomic E-state index is 0.412. The van der Waals surface area contributed by atoms with Gasteiger partial charge in [-0.25, -0.2) is 0 Å². The quantitative estimate of drug-likeness (QED) is 0.909. The Kier molecular flexibility index (Phi) is 3.51. The van der Waals surface area contributed by atoms with Gasteiger partial charge in [0.25, 0.3) is 0 Å². The lowest BCUT2D eigenvalue weighted by Crippen LogP contribution is -2.15. The molecule has 0 amide bonds. The summed E-state index contributed by atoms with van der Waals surface area (Å²) in [5, 5.41) is 13.5. The van der Waals surface area contributed by atoms with Crippen molar-refractivity contribution in [3.63, 3.8) is 0 Å². The first kappa shape index (κ1) is 13.6. The average Bonchev–Trinajstić information content (AvgIpc) is 3.01. The van der Waals surface area contributed by atoms with Crippen LogP contribution in [0.5, 0.6) is 5.75 Å². The predicted molar refractivity (Wildman–Crippen MR) is 87.3 cm³/mol. The van der Waals surface area contributed by atoms with Crippen LogP contribution >= 0.6 is 0 Å². The lowest BCUT2D eigenvalue weighted by Gasteiger charge is -2.24. The zero-order valence-electron chi connectivity index (χ0n) is 12.6. The number of hydrogen-bond donors (Lipinski definition) is 2. The van der Waals surface area contributed by atoms with Gasteiger partial charge in [-0.3, -0.25) is 0 Å². The number of aliphatic hydroxyl groups excluding tert-OH is 1. The monoisotopic (exact) mass is 295 g/mol. The molecule has 0 radical (unpaired) electrons. The van der Waals surface area contributed by atoms with Crippen LogP contribution in [0, 0.1) is 0 Å². The summed E-state index contributed by atoms with van der Waals surface area (Å²) in [6, 6.07) is 12.7. The summed E-state index contributed by atoms with van der Waals surface area (Å²) in [4.78, 5) is 0. The molecule has 1 atom stereocenters. The van der Waals surface area contributed by atoms with Crippen LogP contribution in [0.3, 0.4) is 0 Å². The van der Waals surface area contributed by atoms with Gasteiger partial charge in [-0.2, -0.15) is 0 Å². The lowest BCUT2D eigenvalue weighted by atomic mass is 10.0. The molecule has 0 bridgehead atoms. The zero-order valence-corrected chi connectivity index (χ0v) is 12.6. The van der Waals surface area contributed by atoms with Crippen molar-refractivity contribution in [3.8, 4) is 5.75 Å². The molecule has 0 spiro atoms. The predicted octanol–water partition coefficient (Wildman–Crippen LogP) is 3.60. The Bertz CT molecular complexity index is 696. The first-order valence-corrected chi connectivity index (χ1v) is 8.09. The van der Waals surface area contributed by atoms with Crippen molar-refractivity contribution in [2.45, 2.75) is 38.3 Å². The molecule has 2 aromatic rings. The highest BCUT2D eigenvalue weighted by atomic mass is 16.5. The van der Waals surface area contributed by atoms with E-state index in [9.17, 15) is 5.11 Å². The largest absolute Gasteiger partial charge is 0.491 e. The molecule has 1 aliphatic carbocycles. The normalized spacial score (nSPS) is 19.2. The number of ether oxygens (including phenoxy) is 1. The molecule has 22 heavy (non-hydrogen) atoms. The molecule has 2 N–H and O–H groups in total. The fourth-order valence-corrected chi connectivity index (χ4v) is 3.48. The van der Waals surface area contributed by atoms with Crippen molar-refractivity contribution in [2.75, 3.05) is 11.9 Å². The maximum atomic E-state index is 10.1. The van der Waals surface area contributed by atoms with Crippen molar-refractivity contribution in [1.82, 2.24) is 0 Å². The number of benzene rings is 2. The second-order valence-corrected chi connectivity index (χ2v) is 6.19. The number of para-hydroxylation sites is 1. The van der Waals surface area contributed by atoms with E-state index < -0.39 is 6.10 Å². The van der Waals surface area contributed by atoms with Gasteiger partial charge in [0.1, 0.15) is 5.75 Å². The molecule has 114 valence electrons. The molecule has 0 saturated carbocycles. The van der Waals surface area contributed by atoms with Gasteiger partial charge in [-0.1, -0.05) is 30.3 Å². The van der Waals surface area contributed by atoms with Gasteiger partial charge in [-0.05, 0) is 42.0 Å². The summed E-state index contributed by atoms with van der Waals surface area (Å²) >= 11 is 0. The topological polar surface area (TPSA) is 41.5 Å². The number of nitrogens with one attached hydrogen (secondary N) is 1. The van der Waals surface area contributed by atoms with Crippen LogP contribution in [-0.4, -0.2) is 11.7 Å². The van der Waals surface area contributed by atoms with E-state index in [4.69, 9.17) is 4.74 Å². The van der Waals surface area contributed by atoms with E-state index in [1.54, 1.807) is 0 Å². The van der Waals surface area contributed by atoms with Crippen LogP contribution in [0.25, 0.3) is 0 Å².